The van der Waals surface area contributed by atoms with E-state index in [-0.39, 0.29) is 5.75 Å². The molecule has 0 spiro atoms. The smallest absolute Gasteiger partial charge is 0.416 e. The maximum absolute atomic E-state index is 12.8. The van der Waals surface area contributed by atoms with Gasteiger partial charge in [0.25, 0.3) is 0 Å². The predicted octanol–water partition coefficient (Wildman–Crippen LogP) is 4.09. The molecule has 0 unspecified atom stereocenters. The minimum absolute atomic E-state index is 0.0678. The average molecular weight is 316 g/mol. The predicted molar refractivity (Wildman–Crippen MR) is 74.8 cm³/mol. The fourth-order valence-electron chi connectivity index (χ4n) is 2.35. The van der Waals surface area contributed by atoms with Gasteiger partial charge >= 0.3 is 12.1 Å². The van der Waals surface area contributed by atoms with Crippen LogP contribution in [0.1, 0.15) is 44.7 Å². The van der Waals surface area contributed by atoms with Crippen LogP contribution in [0, 0.1) is 0 Å². The molecule has 0 aliphatic heterocycles. The number of ether oxygens (including phenoxy) is 2. The molecule has 0 saturated heterocycles. The molecule has 0 heterocycles. The number of carbonyl (C=O) groups is 1. The van der Waals surface area contributed by atoms with Gasteiger partial charge in [-0.1, -0.05) is 6.07 Å². The molecule has 1 aromatic carbocycles. The summed E-state index contributed by atoms with van der Waals surface area (Å²) >= 11 is 0. The van der Waals surface area contributed by atoms with E-state index in [4.69, 9.17) is 9.47 Å². The highest BCUT2D eigenvalue weighted by Crippen LogP contribution is 2.53. The van der Waals surface area contributed by atoms with E-state index < -0.39 is 28.7 Å². The van der Waals surface area contributed by atoms with E-state index in [1.54, 1.807) is 20.8 Å². The number of hydrogen-bond donors (Lipinski definition) is 0. The van der Waals surface area contributed by atoms with Gasteiger partial charge in [0.15, 0.2) is 0 Å². The fourth-order valence-corrected chi connectivity index (χ4v) is 2.35. The minimum Gasteiger partial charge on any atom is -0.496 e. The highest BCUT2D eigenvalue weighted by atomic mass is 19.4. The molecule has 1 aliphatic rings. The van der Waals surface area contributed by atoms with E-state index in [9.17, 15) is 18.0 Å². The Morgan fingerprint density at radius 3 is 2.18 bits per heavy atom. The molecular formula is C16H19F3O3. The topological polar surface area (TPSA) is 35.5 Å². The van der Waals surface area contributed by atoms with Crippen molar-refractivity contribution in [2.24, 2.45) is 0 Å². The van der Waals surface area contributed by atoms with Crippen molar-refractivity contribution in [2.75, 3.05) is 7.11 Å². The molecular weight excluding hydrogens is 297 g/mol. The normalized spacial score (nSPS) is 17.0. The van der Waals surface area contributed by atoms with Gasteiger partial charge < -0.3 is 9.47 Å². The Hall–Kier alpha value is -1.72. The first-order valence-corrected chi connectivity index (χ1v) is 6.99. The van der Waals surface area contributed by atoms with Gasteiger partial charge in [0.05, 0.1) is 18.1 Å². The molecule has 1 aromatic rings. The summed E-state index contributed by atoms with van der Waals surface area (Å²) < 4.78 is 48.8. The Balaban J connectivity index is 2.38. The van der Waals surface area contributed by atoms with Crippen LogP contribution in [0.3, 0.4) is 0 Å². The van der Waals surface area contributed by atoms with Gasteiger partial charge in [0, 0.05) is 5.56 Å². The lowest BCUT2D eigenvalue weighted by molar-refractivity contribution is -0.158. The molecule has 1 saturated carbocycles. The van der Waals surface area contributed by atoms with E-state index in [1.807, 2.05) is 0 Å². The Labute approximate surface area is 127 Å². The molecule has 1 aliphatic carbocycles. The number of rotatable bonds is 3. The van der Waals surface area contributed by atoms with Gasteiger partial charge in [0.1, 0.15) is 11.4 Å². The second-order valence-corrected chi connectivity index (χ2v) is 6.50. The first kappa shape index (κ1) is 16.6. The van der Waals surface area contributed by atoms with E-state index in [0.29, 0.717) is 18.4 Å². The van der Waals surface area contributed by atoms with Gasteiger partial charge in [-0.05, 0) is 45.7 Å². The molecule has 2 rings (SSSR count). The van der Waals surface area contributed by atoms with Gasteiger partial charge in [0.2, 0.25) is 0 Å². The van der Waals surface area contributed by atoms with Crippen LogP contribution in [-0.2, 0) is 21.1 Å². The summed E-state index contributed by atoms with van der Waals surface area (Å²) in [6.07, 6.45) is -3.36. The molecule has 0 N–H and O–H groups in total. The number of carbonyl (C=O) groups excluding carboxylic acids is 1. The molecule has 1 fully saturated rings. The first-order valence-electron chi connectivity index (χ1n) is 6.99. The number of benzene rings is 1. The van der Waals surface area contributed by atoms with E-state index >= 15 is 0 Å². The maximum atomic E-state index is 12.8. The summed E-state index contributed by atoms with van der Waals surface area (Å²) in [7, 11) is 1.30. The van der Waals surface area contributed by atoms with Gasteiger partial charge in [-0.15, -0.1) is 0 Å². The molecule has 0 amide bonds. The number of halogens is 3. The zero-order valence-electron chi connectivity index (χ0n) is 13.0. The average Bonchev–Trinajstić information content (AvgIpc) is 3.16. The highest BCUT2D eigenvalue weighted by molar-refractivity contribution is 5.88. The maximum Gasteiger partial charge on any atom is 0.416 e. The summed E-state index contributed by atoms with van der Waals surface area (Å²) in [5, 5.41) is 0. The Morgan fingerprint density at radius 2 is 1.77 bits per heavy atom. The zero-order chi connectivity index (χ0) is 16.8. The van der Waals surface area contributed by atoms with Crippen LogP contribution in [-0.4, -0.2) is 18.7 Å². The third kappa shape index (κ3) is 3.20. The van der Waals surface area contributed by atoms with Crippen LogP contribution < -0.4 is 4.74 Å². The molecule has 22 heavy (non-hydrogen) atoms. The summed E-state index contributed by atoms with van der Waals surface area (Å²) in [4.78, 5) is 12.4. The lowest BCUT2D eigenvalue weighted by atomic mass is 9.93. The summed E-state index contributed by atoms with van der Waals surface area (Å²) in [5.41, 5.74) is -1.88. The van der Waals surface area contributed by atoms with Crippen LogP contribution in [0.25, 0.3) is 0 Å². The van der Waals surface area contributed by atoms with Crippen molar-refractivity contribution >= 4 is 5.97 Å². The van der Waals surface area contributed by atoms with Crippen LogP contribution in [0.15, 0.2) is 18.2 Å². The monoisotopic (exact) mass is 316 g/mol. The second-order valence-electron chi connectivity index (χ2n) is 6.50. The molecule has 0 bridgehead atoms. The molecule has 3 nitrogen and oxygen atoms in total. The van der Waals surface area contributed by atoms with E-state index in [2.05, 4.69) is 0 Å². The Bertz CT molecular complexity index is 581. The number of alkyl halides is 3. The lowest BCUT2D eigenvalue weighted by Crippen LogP contribution is -2.32. The van der Waals surface area contributed by atoms with E-state index in [0.717, 1.165) is 12.1 Å². The van der Waals surface area contributed by atoms with E-state index in [1.165, 1.54) is 13.2 Å². The van der Waals surface area contributed by atoms with Crippen LogP contribution in [0.4, 0.5) is 13.2 Å². The van der Waals surface area contributed by atoms with Crippen LogP contribution in [0.5, 0.6) is 5.75 Å². The molecule has 122 valence electrons. The highest BCUT2D eigenvalue weighted by Gasteiger charge is 2.55. The molecule has 0 atom stereocenters. The Morgan fingerprint density at radius 1 is 1.18 bits per heavy atom. The van der Waals surface area contributed by atoms with Crippen LogP contribution >= 0.6 is 0 Å². The summed E-state index contributed by atoms with van der Waals surface area (Å²) in [6.45, 7) is 5.26. The van der Waals surface area contributed by atoms with Crippen molar-refractivity contribution in [3.05, 3.63) is 29.3 Å². The molecule has 0 aromatic heterocycles. The molecule has 6 heteroatoms. The Kier molecular flexibility index (Phi) is 3.92. The van der Waals surface area contributed by atoms with Gasteiger partial charge in [-0.25, -0.2) is 0 Å². The summed E-state index contributed by atoms with van der Waals surface area (Å²) in [5.74, 6) is -0.351. The SMILES string of the molecule is COc1cc(C(F)(F)F)ccc1C1(C(=O)OC(C)(C)C)CC1. The second kappa shape index (κ2) is 5.18. The lowest BCUT2D eigenvalue weighted by Gasteiger charge is -2.25. The van der Waals surface area contributed by atoms with Crippen molar-refractivity contribution in [2.45, 2.75) is 50.8 Å². The largest absolute Gasteiger partial charge is 0.496 e. The molecule has 0 radical (unpaired) electrons. The summed E-state index contributed by atoms with van der Waals surface area (Å²) in [6, 6.07) is 3.22. The standard InChI is InChI=1S/C16H19F3O3/c1-14(2,3)22-13(20)15(7-8-15)11-6-5-10(16(17,18)19)9-12(11)21-4/h5-6,9H,7-8H2,1-4H3. The van der Waals surface area contributed by atoms with Gasteiger partial charge in [-0.3, -0.25) is 4.79 Å². The zero-order valence-corrected chi connectivity index (χ0v) is 13.0. The van der Waals surface area contributed by atoms with Crippen molar-refractivity contribution in [3.63, 3.8) is 0 Å². The fraction of sp³-hybridized carbons (Fsp3) is 0.562. The third-order valence-corrected chi connectivity index (χ3v) is 3.58. The van der Waals surface area contributed by atoms with Crippen molar-refractivity contribution in [3.8, 4) is 5.75 Å². The van der Waals surface area contributed by atoms with Crippen LogP contribution in [0.2, 0.25) is 0 Å². The number of hydrogen-bond acceptors (Lipinski definition) is 3. The van der Waals surface area contributed by atoms with Crippen molar-refractivity contribution in [1.29, 1.82) is 0 Å². The van der Waals surface area contributed by atoms with Gasteiger partial charge in [-0.2, -0.15) is 13.2 Å². The van der Waals surface area contributed by atoms with Crippen molar-refractivity contribution in [1.82, 2.24) is 0 Å². The number of esters is 1. The minimum atomic E-state index is -4.45. The third-order valence-electron chi connectivity index (χ3n) is 3.58. The van der Waals surface area contributed by atoms with Crippen molar-refractivity contribution < 1.29 is 27.4 Å². The first-order chi connectivity index (χ1) is 9.99. The number of methoxy groups -OCH3 is 1. The quantitative estimate of drug-likeness (QED) is 0.788.